The molecule has 0 radical (unpaired) electrons. The van der Waals surface area contributed by atoms with Crippen LogP contribution in [0.5, 0.6) is 0 Å². The van der Waals surface area contributed by atoms with E-state index < -0.39 is 0 Å². The van der Waals surface area contributed by atoms with E-state index in [-0.39, 0.29) is 0 Å². The lowest BCUT2D eigenvalue weighted by Crippen LogP contribution is -2.69. The van der Waals surface area contributed by atoms with E-state index in [4.69, 9.17) is 0 Å². The summed E-state index contributed by atoms with van der Waals surface area (Å²) in [6.45, 7) is 10.4. The summed E-state index contributed by atoms with van der Waals surface area (Å²) in [4.78, 5) is 6.90. The Kier molecular flexibility index (Phi) is 4.06. The fourth-order valence-corrected chi connectivity index (χ4v) is 3.97. The Labute approximate surface area is 129 Å². The van der Waals surface area contributed by atoms with Gasteiger partial charge in [0.15, 0.2) is 0 Å². The van der Waals surface area contributed by atoms with Crippen molar-refractivity contribution < 1.29 is 0 Å². The lowest BCUT2D eigenvalue weighted by Gasteiger charge is -2.54. The van der Waals surface area contributed by atoms with E-state index in [1.165, 1.54) is 37.8 Å². The van der Waals surface area contributed by atoms with Gasteiger partial charge in [0.1, 0.15) is 0 Å². The first-order valence-corrected chi connectivity index (χ1v) is 8.51. The molecule has 1 saturated carbocycles. The summed E-state index contributed by atoms with van der Waals surface area (Å²) in [5.41, 5.74) is 2.00. The summed E-state index contributed by atoms with van der Waals surface area (Å²) in [5.74, 6) is 0.879. The van der Waals surface area contributed by atoms with Crippen molar-refractivity contribution in [3.8, 4) is 0 Å². The zero-order valence-electron chi connectivity index (χ0n) is 13.7. The normalized spacial score (nSPS) is 29.5. The molecule has 0 amide bonds. The van der Waals surface area contributed by atoms with Gasteiger partial charge in [-0.05, 0) is 56.2 Å². The lowest BCUT2D eigenvalue weighted by molar-refractivity contribution is -0.00971. The molecule has 1 unspecified atom stereocenters. The summed E-state index contributed by atoms with van der Waals surface area (Å²) in [7, 11) is 0. The highest BCUT2D eigenvalue weighted by Gasteiger charge is 2.49. The van der Waals surface area contributed by atoms with Crippen molar-refractivity contribution in [1.82, 2.24) is 15.2 Å². The van der Waals surface area contributed by atoms with Crippen LogP contribution >= 0.6 is 0 Å². The largest absolute Gasteiger partial charge is 0.308 e. The van der Waals surface area contributed by atoms with Crippen LogP contribution in [-0.2, 0) is 6.54 Å². The fraction of sp³-hybridized carbons (Fsp3) is 0.722. The van der Waals surface area contributed by atoms with Gasteiger partial charge in [0.2, 0.25) is 0 Å². The van der Waals surface area contributed by atoms with Crippen molar-refractivity contribution in [3.63, 3.8) is 0 Å². The molecule has 3 rings (SSSR count). The van der Waals surface area contributed by atoms with Crippen molar-refractivity contribution >= 4 is 0 Å². The zero-order valence-corrected chi connectivity index (χ0v) is 13.7. The minimum atomic E-state index is 0.303. The van der Waals surface area contributed by atoms with Crippen LogP contribution in [-0.4, -0.2) is 34.1 Å². The molecule has 2 heterocycles. The van der Waals surface area contributed by atoms with E-state index in [1.54, 1.807) is 0 Å². The van der Waals surface area contributed by atoms with Crippen LogP contribution < -0.4 is 5.32 Å². The highest BCUT2D eigenvalue weighted by atomic mass is 15.3. The monoisotopic (exact) mass is 287 g/mol. The van der Waals surface area contributed by atoms with E-state index >= 15 is 0 Å². The van der Waals surface area contributed by atoms with Crippen molar-refractivity contribution in [1.29, 1.82) is 0 Å². The molecule has 1 aromatic heterocycles. The highest BCUT2D eigenvalue weighted by molar-refractivity contribution is 5.14. The standard InChI is InChI=1S/C18H29N3/c1-4-18(5-2)13-20-17(3,16-6-7-16)14-21(18)12-15-8-10-19-11-9-15/h8-11,16,20H,4-7,12-14H2,1-3H3. The minimum absolute atomic E-state index is 0.303. The maximum Gasteiger partial charge on any atom is 0.0333 e. The average Bonchev–Trinajstić information content (AvgIpc) is 3.35. The molecule has 116 valence electrons. The average molecular weight is 287 g/mol. The second kappa shape index (κ2) is 5.69. The van der Waals surface area contributed by atoms with E-state index in [0.717, 1.165) is 19.0 Å². The summed E-state index contributed by atoms with van der Waals surface area (Å²) < 4.78 is 0. The third kappa shape index (κ3) is 2.86. The van der Waals surface area contributed by atoms with Gasteiger partial charge in [0.25, 0.3) is 0 Å². The van der Waals surface area contributed by atoms with E-state index in [2.05, 4.69) is 48.1 Å². The summed E-state index contributed by atoms with van der Waals surface area (Å²) in [5, 5.41) is 3.91. The Morgan fingerprint density at radius 2 is 1.90 bits per heavy atom. The first kappa shape index (κ1) is 15.0. The third-order valence-corrected chi connectivity index (χ3v) is 5.93. The molecule has 2 aliphatic rings. The quantitative estimate of drug-likeness (QED) is 0.901. The van der Waals surface area contributed by atoms with Gasteiger partial charge in [-0.2, -0.15) is 0 Å². The van der Waals surface area contributed by atoms with Crippen molar-refractivity contribution in [2.45, 2.75) is 64.1 Å². The van der Waals surface area contributed by atoms with Gasteiger partial charge < -0.3 is 5.32 Å². The van der Waals surface area contributed by atoms with Crippen LogP contribution in [0, 0.1) is 5.92 Å². The van der Waals surface area contributed by atoms with Gasteiger partial charge in [-0.1, -0.05) is 13.8 Å². The number of nitrogens with zero attached hydrogens (tertiary/aromatic N) is 2. The van der Waals surface area contributed by atoms with E-state index in [0.29, 0.717) is 11.1 Å². The molecule has 1 aliphatic carbocycles. The first-order chi connectivity index (χ1) is 10.1. The van der Waals surface area contributed by atoms with Crippen molar-refractivity contribution in [2.24, 2.45) is 5.92 Å². The molecule has 3 heteroatoms. The minimum Gasteiger partial charge on any atom is -0.308 e. The molecule has 1 N–H and O–H groups in total. The van der Waals surface area contributed by atoms with Gasteiger partial charge in [-0.3, -0.25) is 9.88 Å². The lowest BCUT2D eigenvalue weighted by atomic mass is 9.81. The summed E-state index contributed by atoms with van der Waals surface area (Å²) in [6, 6.07) is 4.32. The predicted molar refractivity (Wildman–Crippen MR) is 87.1 cm³/mol. The number of nitrogens with one attached hydrogen (secondary N) is 1. The van der Waals surface area contributed by atoms with Crippen LogP contribution in [0.1, 0.15) is 52.0 Å². The number of aromatic nitrogens is 1. The maximum absolute atomic E-state index is 4.15. The number of piperazine rings is 1. The number of pyridine rings is 1. The molecule has 1 atom stereocenters. The SMILES string of the molecule is CCC1(CC)CNC(C)(C2CC2)CN1Cc1ccncc1. The number of rotatable bonds is 5. The Hall–Kier alpha value is -0.930. The van der Waals surface area contributed by atoms with Gasteiger partial charge in [-0.15, -0.1) is 0 Å². The fourth-order valence-electron chi connectivity index (χ4n) is 3.97. The second-order valence-electron chi connectivity index (χ2n) is 7.19. The molecule has 0 aromatic carbocycles. The molecule has 1 aromatic rings. The highest BCUT2D eigenvalue weighted by Crippen LogP contribution is 2.44. The molecule has 1 aliphatic heterocycles. The molecule has 0 bridgehead atoms. The molecular weight excluding hydrogens is 258 g/mol. The Bertz CT molecular complexity index is 465. The molecule has 0 spiro atoms. The zero-order chi connectivity index (χ0) is 14.9. The number of hydrogen-bond acceptors (Lipinski definition) is 3. The van der Waals surface area contributed by atoms with Gasteiger partial charge in [-0.25, -0.2) is 0 Å². The van der Waals surface area contributed by atoms with Crippen LogP contribution in [0.3, 0.4) is 0 Å². The Morgan fingerprint density at radius 1 is 1.24 bits per heavy atom. The predicted octanol–water partition coefficient (Wildman–Crippen LogP) is 3.21. The first-order valence-electron chi connectivity index (χ1n) is 8.51. The van der Waals surface area contributed by atoms with Crippen LogP contribution in [0.25, 0.3) is 0 Å². The van der Waals surface area contributed by atoms with Gasteiger partial charge >= 0.3 is 0 Å². The molecule has 21 heavy (non-hydrogen) atoms. The van der Waals surface area contributed by atoms with E-state index in [1.807, 2.05) is 12.4 Å². The van der Waals surface area contributed by atoms with Gasteiger partial charge in [0, 0.05) is 43.1 Å². The van der Waals surface area contributed by atoms with Gasteiger partial charge in [0.05, 0.1) is 0 Å². The second-order valence-corrected chi connectivity index (χ2v) is 7.19. The Balaban J connectivity index is 1.82. The van der Waals surface area contributed by atoms with Crippen LogP contribution in [0.2, 0.25) is 0 Å². The molecule has 3 nitrogen and oxygen atoms in total. The van der Waals surface area contributed by atoms with Crippen LogP contribution in [0.15, 0.2) is 24.5 Å². The third-order valence-electron chi connectivity index (χ3n) is 5.93. The maximum atomic E-state index is 4.15. The van der Waals surface area contributed by atoms with Crippen molar-refractivity contribution in [2.75, 3.05) is 13.1 Å². The summed E-state index contributed by atoms with van der Waals surface area (Å²) in [6.07, 6.45) is 9.05. The molecule has 2 fully saturated rings. The smallest absolute Gasteiger partial charge is 0.0333 e. The number of hydrogen-bond donors (Lipinski definition) is 1. The molecular formula is C18H29N3. The topological polar surface area (TPSA) is 28.2 Å². The van der Waals surface area contributed by atoms with Crippen molar-refractivity contribution in [3.05, 3.63) is 30.1 Å². The molecule has 1 saturated heterocycles. The van der Waals surface area contributed by atoms with E-state index in [9.17, 15) is 0 Å². The Morgan fingerprint density at radius 3 is 2.48 bits per heavy atom. The van der Waals surface area contributed by atoms with Crippen LogP contribution in [0.4, 0.5) is 0 Å². The summed E-state index contributed by atoms with van der Waals surface area (Å²) >= 11 is 0.